The molecular formula is C23H21F3N4O2. The van der Waals surface area contributed by atoms with E-state index in [1.165, 1.54) is 26.2 Å². The van der Waals surface area contributed by atoms with Crippen molar-refractivity contribution >= 4 is 11.6 Å². The van der Waals surface area contributed by atoms with E-state index in [9.17, 15) is 18.0 Å². The van der Waals surface area contributed by atoms with E-state index >= 15 is 0 Å². The first-order valence-electron chi connectivity index (χ1n) is 9.59. The molecule has 1 atom stereocenters. The third-order valence-corrected chi connectivity index (χ3v) is 4.64. The highest BCUT2D eigenvalue weighted by atomic mass is 19.4. The molecule has 0 spiro atoms. The predicted octanol–water partition coefficient (Wildman–Crippen LogP) is 3.58. The first kappa shape index (κ1) is 22.9. The largest absolute Gasteiger partial charge is 0.481 e. The van der Waals surface area contributed by atoms with Gasteiger partial charge in [-0.05, 0) is 49.0 Å². The van der Waals surface area contributed by atoms with Crippen LogP contribution >= 0.6 is 0 Å². The number of allylic oxidation sites excluding steroid dienone is 2. The van der Waals surface area contributed by atoms with Gasteiger partial charge >= 0.3 is 6.18 Å². The van der Waals surface area contributed by atoms with Crippen LogP contribution in [0.1, 0.15) is 23.6 Å². The molecule has 2 heterocycles. The SMILES string of the molecule is CC#Cc1ccc(NC(=O)C2(NCc3ccc(OC)nc3)C=CC=CN2)cc1C(F)(F)F. The fraction of sp³-hybridized carbons (Fsp3) is 0.217. The summed E-state index contributed by atoms with van der Waals surface area (Å²) in [6, 6.07) is 6.97. The number of carbonyl (C=O) groups excluding carboxylic acids is 1. The van der Waals surface area contributed by atoms with Crippen molar-refractivity contribution in [3.63, 3.8) is 0 Å². The quantitative estimate of drug-likeness (QED) is 0.597. The molecular weight excluding hydrogens is 421 g/mol. The van der Waals surface area contributed by atoms with Gasteiger partial charge in [0, 0.05) is 30.1 Å². The first-order valence-corrected chi connectivity index (χ1v) is 9.59. The van der Waals surface area contributed by atoms with Gasteiger partial charge in [-0.25, -0.2) is 4.98 Å². The average Bonchev–Trinajstić information content (AvgIpc) is 2.79. The molecule has 1 aliphatic rings. The summed E-state index contributed by atoms with van der Waals surface area (Å²) >= 11 is 0. The van der Waals surface area contributed by atoms with E-state index in [1.807, 2.05) is 0 Å². The molecule has 2 aromatic rings. The number of methoxy groups -OCH3 is 1. The summed E-state index contributed by atoms with van der Waals surface area (Å²) in [4.78, 5) is 17.2. The molecule has 1 aromatic heterocycles. The number of nitrogens with one attached hydrogen (secondary N) is 3. The second-order valence-corrected chi connectivity index (χ2v) is 6.82. The molecule has 1 aromatic carbocycles. The molecule has 3 rings (SSSR count). The van der Waals surface area contributed by atoms with Crippen LogP contribution in [0.5, 0.6) is 5.88 Å². The second-order valence-electron chi connectivity index (χ2n) is 6.82. The van der Waals surface area contributed by atoms with Crippen LogP contribution in [0, 0.1) is 11.8 Å². The van der Waals surface area contributed by atoms with Crippen LogP contribution in [0.15, 0.2) is 61.0 Å². The minimum atomic E-state index is -4.61. The lowest BCUT2D eigenvalue weighted by Gasteiger charge is -2.32. The number of hydrogen-bond donors (Lipinski definition) is 3. The van der Waals surface area contributed by atoms with Crippen molar-refractivity contribution in [2.45, 2.75) is 25.3 Å². The maximum absolute atomic E-state index is 13.4. The standard InChI is InChI=1S/C23H21F3N4O2/c1-3-6-17-8-9-18(13-19(17)23(24,25)26)30-21(31)22(11-4-5-12-28-22)29-15-16-7-10-20(32-2)27-14-16/h4-5,7-14,28-29H,15H2,1-2H3,(H,30,31). The topological polar surface area (TPSA) is 75.3 Å². The Morgan fingerprint density at radius 3 is 2.66 bits per heavy atom. The number of ether oxygens (including phenoxy) is 1. The molecule has 0 radical (unpaired) electrons. The van der Waals surface area contributed by atoms with Gasteiger partial charge in [0.05, 0.1) is 12.7 Å². The Bertz CT molecular complexity index is 1100. The molecule has 3 N–H and O–H groups in total. The van der Waals surface area contributed by atoms with E-state index in [2.05, 4.69) is 32.8 Å². The van der Waals surface area contributed by atoms with Crippen LogP contribution in [0.4, 0.5) is 18.9 Å². The van der Waals surface area contributed by atoms with Gasteiger partial charge in [0.15, 0.2) is 5.66 Å². The number of carbonyl (C=O) groups is 1. The van der Waals surface area contributed by atoms with Crippen molar-refractivity contribution in [1.82, 2.24) is 15.6 Å². The number of alkyl halides is 3. The molecule has 0 saturated heterocycles. The lowest BCUT2D eigenvalue weighted by Crippen LogP contribution is -2.61. The van der Waals surface area contributed by atoms with Crippen molar-refractivity contribution in [2.24, 2.45) is 0 Å². The Morgan fingerprint density at radius 2 is 2.06 bits per heavy atom. The average molecular weight is 442 g/mol. The molecule has 0 fully saturated rings. The van der Waals surface area contributed by atoms with Crippen molar-refractivity contribution in [1.29, 1.82) is 0 Å². The summed E-state index contributed by atoms with van der Waals surface area (Å²) in [5.74, 6) is 4.78. The molecule has 1 amide bonds. The fourth-order valence-corrected chi connectivity index (χ4v) is 3.02. The van der Waals surface area contributed by atoms with Gasteiger partial charge in [-0.2, -0.15) is 13.2 Å². The highest BCUT2D eigenvalue weighted by Crippen LogP contribution is 2.33. The Labute approximate surface area is 183 Å². The Morgan fingerprint density at radius 1 is 1.25 bits per heavy atom. The van der Waals surface area contributed by atoms with Crippen LogP contribution < -0.4 is 20.7 Å². The third-order valence-electron chi connectivity index (χ3n) is 4.64. The molecule has 0 aliphatic carbocycles. The van der Waals surface area contributed by atoms with Crippen LogP contribution in [0.25, 0.3) is 0 Å². The molecule has 0 bridgehead atoms. The Balaban J connectivity index is 1.82. The number of rotatable bonds is 6. The summed E-state index contributed by atoms with van der Waals surface area (Å²) in [6.07, 6.45) is 3.51. The lowest BCUT2D eigenvalue weighted by molar-refractivity contribution is -0.137. The summed E-state index contributed by atoms with van der Waals surface area (Å²) in [5, 5.41) is 8.60. The van der Waals surface area contributed by atoms with Crippen molar-refractivity contribution in [3.05, 3.63) is 77.6 Å². The predicted molar refractivity (Wildman–Crippen MR) is 114 cm³/mol. The summed E-state index contributed by atoms with van der Waals surface area (Å²) in [7, 11) is 1.51. The van der Waals surface area contributed by atoms with E-state index in [0.29, 0.717) is 5.88 Å². The Kier molecular flexibility index (Phi) is 6.85. The minimum Gasteiger partial charge on any atom is -0.481 e. The fourth-order valence-electron chi connectivity index (χ4n) is 3.02. The van der Waals surface area contributed by atoms with Crippen LogP contribution in [0.3, 0.4) is 0 Å². The smallest absolute Gasteiger partial charge is 0.417 e. The zero-order valence-electron chi connectivity index (χ0n) is 17.4. The number of halogens is 3. The van der Waals surface area contributed by atoms with Crippen LogP contribution in [-0.2, 0) is 17.5 Å². The maximum Gasteiger partial charge on any atom is 0.417 e. The number of nitrogens with zero attached hydrogens (tertiary/aromatic N) is 1. The highest BCUT2D eigenvalue weighted by molar-refractivity contribution is 5.99. The monoisotopic (exact) mass is 442 g/mol. The lowest BCUT2D eigenvalue weighted by atomic mass is 10.0. The summed E-state index contributed by atoms with van der Waals surface area (Å²) < 4.78 is 45.4. The van der Waals surface area contributed by atoms with Crippen LogP contribution in [0.2, 0.25) is 0 Å². The van der Waals surface area contributed by atoms with Crippen molar-refractivity contribution < 1.29 is 22.7 Å². The number of aromatic nitrogens is 1. The summed E-state index contributed by atoms with van der Waals surface area (Å²) in [5.41, 5.74) is -1.67. The third kappa shape index (κ3) is 5.28. The first-order chi connectivity index (χ1) is 15.3. The van der Waals surface area contributed by atoms with Crippen molar-refractivity contribution in [2.75, 3.05) is 12.4 Å². The number of benzene rings is 1. The van der Waals surface area contributed by atoms with Gasteiger partial charge in [-0.1, -0.05) is 18.1 Å². The number of pyridine rings is 1. The second kappa shape index (κ2) is 9.58. The molecule has 9 heteroatoms. The number of anilines is 1. The van der Waals surface area contributed by atoms with Gasteiger partial charge in [-0.15, -0.1) is 5.92 Å². The van der Waals surface area contributed by atoms with Crippen LogP contribution in [-0.4, -0.2) is 23.7 Å². The van der Waals surface area contributed by atoms with Gasteiger partial charge in [0.25, 0.3) is 5.91 Å². The summed E-state index contributed by atoms with van der Waals surface area (Å²) in [6.45, 7) is 1.71. The van der Waals surface area contributed by atoms with Gasteiger partial charge in [-0.3, -0.25) is 10.1 Å². The van der Waals surface area contributed by atoms with E-state index in [-0.39, 0.29) is 17.8 Å². The normalized spacial score (nSPS) is 17.2. The number of dihydropyridines is 1. The molecule has 1 unspecified atom stereocenters. The maximum atomic E-state index is 13.4. The molecule has 0 saturated carbocycles. The van der Waals surface area contributed by atoms with E-state index in [1.54, 1.807) is 42.8 Å². The Hall–Kier alpha value is -3.77. The minimum absolute atomic E-state index is 0.000945. The van der Waals surface area contributed by atoms with E-state index < -0.39 is 23.3 Å². The van der Waals surface area contributed by atoms with Gasteiger partial charge < -0.3 is 15.4 Å². The molecule has 6 nitrogen and oxygen atoms in total. The molecule has 166 valence electrons. The van der Waals surface area contributed by atoms with Gasteiger partial charge in [0.1, 0.15) is 0 Å². The van der Waals surface area contributed by atoms with E-state index in [4.69, 9.17) is 4.74 Å². The number of amides is 1. The molecule has 1 aliphatic heterocycles. The van der Waals surface area contributed by atoms with E-state index in [0.717, 1.165) is 11.6 Å². The van der Waals surface area contributed by atoms with Gasteiger partial charge in [0.2, 0.25) is 5.88 Å². The zero-order chi connectivity index (χ0) is 23.2. The van der Waals surface area contributed by atoms with Crippen molar-refractivity contribution in [3.8, 4) is 17.7 Å². The highest BCUT2D eigenvalue weighted by Gasteiger charge is 2.37. The zero-order valence-corrected chi connectivity index (χ0v) is 17.4. The number of hydrogen-bond acceptors (Lipinski definition) is 5. The molecule has 32 heavy (non-hydrogen) atoms.